The van der Waals surface area contributed by atoms with Crippen molar-refractivity contribution in [1.29, 1.82) is 0 Å². The van der Waals surface area contributed by atoms with E-state index in [9.17, 15) is 9.59 Å². The fraction of sp³-hybridized carbons (Fsp3) is 0.611. The maximum Gasteiger partial charge on any atom is 0.317 e. The zero-order valence-electron chi connectivity index (χ0n) is 14.7. The topological polar surface area (TPSA) is 74.8 Å². The number of urea groups is 1. The zero-order valence-corrected chi connectivity index (χ0v) is 14.7. The molecule has 3 heterocycles. The van der Waals surface area contributed by atoms with E-state index in [0.29, 0.717) is 31.1 Å². The molecule has 0 spiro atoms. The minimum absolute atomic E-state index is 0.0126. The summed E-state index contributed by atoms with van der Waals surface area (Å²) in [6, 6.07) is 3.47. The van der Waals surface area contributed by atoms with E-state index in [2.05, 4.69) is 10.3 Å². The Morgan fingerprint density at radius 2 is 2.04 bits per heavy atom. The van der Waals surface area contributed by atoms with E-state index in [1.165, 1.54) is 6.42 Å². The third kappa shape index (κ3) is 4.21. The van der Waals surface area contributed by atoms with Crippen LogP contribution in [0.4, 0.5) is 4.79 Å². The van der Waals surface area contributed by atoms with E-state index in [4.69, 9.17) is 4.74 Å². The molecule has 1 N–H and O–H groups in total. The van der Waals surface area contributed by atoms with Gasteiger partial charge in [0.25, 0.3) is 5.91 Å². The number of rotatable bonds is 4. The fourth-order valence-corrected chi connectivity index (χ4v) is 3.34. The first-order valence-electron chi connectivity index (χ1n) is 9.12. The van der Waals surface area contributed by atoms with Gasteiger partial charge in [-0.3, -0.25) is 4.79 Å². The van der Waals surface area contributed by atoms with Gasteiger partial charge >= 0.3 is 6.03 Å². The number of pyridine rings is 1. The van der Waals surface area contributed by atoms with Crippen molar-refractivity contribution in [3.05, 3.63) is 23.9 Å². The number of ether oxygens (including phenoxy) is 1. The average molecular weight is 346 g/mol. The lowest BCUT2D eigenvalue weighted by Gasteiger charge is -2.27. The first-order valence-corrected chi connectivity index (χ1v) is 9.12. The minimum Gasteiger partial charge on any atom is -0.472 e. The highest BCUT2D eigenvalue weighted by molar-refractivity contribution is 5.96. The molecule has 2 aliphatic heterocycles. The fourth-order valence-electron chi connectivity index (χ4n) is 3.34. The first kappa shape index (κ1) is 17.5. The molecule has 1 aromatic rings. The number of nitrogens with zero attached hydrogens (tertiary/aromatic N) is 3. The smallest absolute Gasteiger partial charge is 0.317 e. The van der Waals surface area contributed by atoms with E-state index >= 15 is 0 Å². The van der Waals surface area contributed by atoms with Gasteiger partial charge in [0.2, 0.25) is 5.88 Å². The predicted molar refractivity (Wildman–Crippen MR) is 93.7 cm³/mol. The Balaban J connectivity index is 1.65. The van der Waals surface area contributed by atoms with Crippen LogP contribution in [-0.2, 0) is 0 Å². The molecule has 2 saturated heterocycles. The van der Waals surface area contributed by atoms with Crippen LogP contribution in [0.3, 0.4) is 0 Å². The van der Waals surface area contributed by atoms with E-state index in [1.807, 2.05) is 11.8 Å². The molecule has 2 fully saturated rings. The Morgan fingerprint density at radius 3 is 2.80 bits per heavy atom. The number of hydrogen-bond acceptors (Lipinski definition) is 4. The molecule has 2 aliphatic rings. The number of amides is 3. The lowest BCUT2D eigenvalue weighted by atomic mass is 10.1. The van der Waals surface area contributed by atoms with Gasteiger partial charge in [0.05, 0.1) is 6.54 Å². The van der Waals surface area contributed by atoms with Crippen molar-refractivity contribution < 1.29 is 14.3 Å². The summed E-state index contributed by atoms with van der Waals surface area (Å²) in [6.45, 7) is 5.26. The molecule has 136 valence electrons. The molecule has 3 rings (SSSR count). The van der Waals surface area contributed by atoms with Crippen LogP contribution in [0.1, 0.15) is 43.0 Å². The highest BCUT2D eigenvalue weighted by Gasteiger charge is 2.29. The lowest BCUT2D eigenvalue weighted by Crippen LogP contribution is -2.39. The zero-order chi connectivity index (χ0) is 17.6. The Labute approximate surface area is 148 Å². The van der Waals surface area contributed by atoms with Crippen LogP contribution < -0.4 is 10.1 Å². The van der Waals surface area contributed by atoms with E-state index < -0.39 is 0 Å². The van der Waals surface area contributed by atoms with Crippen LogP contribution in [0.5, 0.6) is 5.88 Å². The van der Waals surface area contributed by atoms with Gasteiger partial charge in [-0.2, -0.15) is 0 Å². The number of carbonyl (C=O) groups is 2. The molecule has 7 nitrogen and oxygen atoms in total. The normalized spacial score (nSPS) is 20.4. The van der Waals surface area contributed by atoms with Gasteiger partial charge in [0.15, 0.2) is 0 Å². The maximum atomic E-state index is 12.8. The first-order chi connectivity index (χ1) is 12.2. The molecule has 0 bridgehead atoms. The standard InChI is InChI=1S/C18H26N4O3/c1-2-19-18(24)22-12-8-14(13-22)25-16-15(7-6-9-20-16)17(23)21-10-4-3-5-11-21/h6-7,9,14H,2-5,8,10-13H2,1H3,(H,19,24). The van der Waals surface area contributed by atoms with Gasteiger partial charge in [-0.15, -0.1) is 0 Å². The Hall–Kier alpha value is -2.31. The monoisotopic (exact) mass is 346 g/mol. The largest absolute Gasteiger partial charge is 0.472 e. The van der Waals surface area contributed by atoms with Crippen LogP contribution in [0, 0.1) is 0 Å². The predicted octanol–water partition coefficient (Wildman–Crippen LogP) is 1.89. The quantitative estimate of drug-likeness (QED) is 0.903. The third-order valence-electron chi connectivity index (χ3n) is 4.68. The van der Waals surface area contributed by atoms with Crippen LogP contribution in [-0.4, -0.2) is 65.5 Å². The molecular formula is C18H26N4O3. The highest BCUT2D eigenvalue weighted by Crippen LogP contribution is 2.23. The molecular weight excluding hydrogens is 320 g/mol. The molecule has 0 aromatic carbocycles. The van der Waals surface area contributed by atoms with Gasteiger partial charge in [-0.25, -0.2) is 9.78 Å². The number of aromatic nitrogens is 1. The van der Waals surface area contributed by atoms with Crippen molar-refractivity contribution in [2.24, 2.45) is 0 Å². The maximum absolute atomic E-state index is 12.8. The van der Waals surface area contributed by atoms with Crippen molar-refractivity contribution in [2.45, 2.75) is 38.7 Å². The summed E-state index contributed by atoms with van der Waals surface area (Å²) in [5, 5.41) is 2.80. The van der Waals surface area contributed by atoms with Gasteiger partial charge in [0.1, 0.15) is 11.7 Å². The number of carbonyl (C=O) groups excluding carboxylic acids is 2. The molecule has 25 heavy (non-hydrogen) atoms. The van der Waals surface area contributed by atoms with E-state index in [0.717, 1.165) is 32.4 Å². The van der Waals surface area contributed by atoms with E-state index in [-0.39, 0.29) is 18.0 Å². The second-order valence-electron chi connectivity index (χ2n) is 6.52. The van der Waals surface area contributed by atoms with Gasteiger partial charge in [-0.1, -0.05) is 0 Å². The lowest BCUT2D eigenvalue weighted by molar-refractivity contribution is 0.0715. The Morgan fingerprint density at radius 1 is 1.24 bits per heavy atom. The highest BCUT2D eigenvalue weighted by atomic mass is 16.5. The number of likely N-dealkylation sites (tertiary alicyclic amines) is 2. The van der Waals surface area contributed by atoms with E-state index in [1.54, 1.807) is 23.2 Å². The molecule has 1 unspecified atom stereocenters. The van der Waals surface area contributed by atoms with Crippen molar-refractivity contribution in [3.63, 3.8) is 0 Å². The number of nitrogens with one attached hydrogen (secondary N) is 1. The Kier molecular flexibility index (Phi) is 5.73. The summed E-state index contributed by atoms with van der Waals surface area (Å²) in [7, 11) is 0. The summed E-state index contributed by atoms with van der Waals surface area (Å²) >= 11 is 0. The average Bonchev–Trinajstić information content (AvgIpc) is 3.11. The molecule has 7 heteroatoms. The van der Waals surface area contributed by atoms with Crippen LogP contribution >= 0.6 is 0 Å². The van der Waals surface area contributed by atoms with Crippen LogP contribution in [0.25, 0.3) is 0 Å². The Bertz CT molecular complexity index is 616. The summed E-state index contributed by atoms with van der Waals surface area (Å²) in [4.78, 5) is 32.6. The summed E-state index contributed by atoms with van der Waals surface area (Å²) in [6.07, 6.45) is 5.52. The number of piperidine rings is 1. The SMILES string of the molecule is CCNC(=O)N1CCC(Oc2ncccc2C(=O)N2CCCCC2)C1. The molecule has 0 saturated carbocycles. The summed E-state index contributed by atoms with van der Waals surface area (Å²) < 4.78 is 6.00. The van der Waals surface area contributed by atoms with Crippen LogP contribution in [0.15, 0.2) is 18.3 Å². The molecule has 1 atom stereocenters. The number of hydrogen-bond donors (Lipinski definition) is 1. The third-order valence-corrected chi connectivity index (χ3v) is 4.68. The molecule has 0 radical (unpaired) electrons. The molecule has 0 aliphatic carbocycles. The second-order valence-corrected chi connectivity index (χ2v) is 6.52. The van der Waals surface area contributed by atoms with Gasteiger partial charge in [-0.05, 0) is 38.3 Å². The summed E-state index contributed by atoms with van der Waals surface area (Å²) in [5.74, 6) is 0.363. The van der Waals surface area contributed by atoms with Crippen LogP contribution in [0.2, 0.25) is 0 Å². The minimum atomic E-state index is -0.134. The summed E-state index contributed by atoms with van der Waals surface area (Å²) in [5.41, 5.74) is 0.515. The van der Waals surface area contributed by atoms with Gasteiger partial charge < -0.3 is 19.9 Å². The molecule has 1 aromatic heterocycles. The van der Waals surface area contributed by atoms with Gasteiger partial charge in [0, 0.05) is 38.8 Å². The molecule has 3 amide bonds. The second kappa shape index (κ2) is 8.18. The van der Waals surface area contributed by atoms with Crippen molar-refractivity contribution >= 4 is 11.9 Å². The van der Waals surface area contributed by atoms with Crippen molar-refractivity contribution in [3.8, 4) is 5.88 Å². The van der Waals surface area contributed by atoms with Crippen molar-refractivity contribution in [1.82, 2.24) is 20.1 Å². The van der Waals surface area contributed by atoms with Crippen molar-refractivity contribution in [2.75, 3.05) is 32.7 Å².